The summed E-state index contributed by atoms with van der Waals surface area (Å²) in [5.41, 5.74) is 3.85. The molecule has 0 N–H and O–H groups in total. The summed E-state index contributed by atoms with van der Waals surface area (Å²) in [4.78, 5) is 28.9. The van der Waals surface area contributed by atoms with E-state index in [0.717, 1.165) is 21.9 Å². The van der Waals surface area contributed by atoms with E-state index in [1.807, 2.05) is 68.6 Å². The molecule has 2 heterocycles. The normalized spacial score (nSPS) is 15.0. The van der Waals surface area contributed by atoms with Crippen molar-refractivity contribution in [2.75, 3.05) is 18.9 Å². The number of hydrogen-bond donors (Lipinski definition) is 0. The Morgan fingerprint density at radius 1 is 1.08 bits per heavy atom. The summed E-state index contributed by atoms with van der Waals surface area (Å²) >= 11 is 1.76. The lowest BCUT2D eigenvalue weighted by Gasteiger charge is -2.27. The van der Waals surface area contributed by atoms with E-state index < -0.39 is 11.8 Å². The zero-order chi connectivity index (χ0) is 27.9. The van der Waals surface area contributed by atoms with Crippen molar-refractivity contribution < 1.29 is 14.3 Å². The third-order valence-electron chi connectivity index (χ3n) is 6.30. The molecule has 200 valence electrons. The van der Waals surface area contributed by atoms with Gasteiger partial charge in [0, 0.05) is 40.9 Å². The molecule has 0 atom stereocenters. The molecule has 0 unspecified atom stereocenters. The largest absolute Gasteiger partial charge is 0.379 e. The van der Waals surface area contributed by atoms with Crippen molar-refractivity contribution in [2.24, 2.45) is 0 Å². The minimum Gasteiger partial charge on any atom is -0.379 e. The highest BCUT2D eigenvalue weighted by atomic mass is 32.2. The summed E-state index contributed by atoms with van der Waals surface area (Å²) in [5.74, 6) is -0.00679. The van der Waals surface area contributed by atoms with Crippen LogP contribution >= 0.6 is 11.8 Å². The van der Waals surface area contributed by atoms with Crippen molar-refractivity contribution in [2.45, 2.75) is 45.1 Å². The van der Waals surface area contributed by atoms with Crippen LogP contribution in [0.2, 0.25) is 0 Å². The van der Waals surface area contributed by atoms with Crippen LogP contribution in [0, 0.1) is 11.3 Å². The summed E-state index contributed by atoms with van der Waals surface area (Å²) in [6, 6.07) is 19.9. The lowest BCUT2D eigenvalue weighted by molar-refractivity contribution is -0.140. The highest BCUT2D eigenvalue weighted by Gasteiger charge is 2.35. The molecule has 0 spiro atoms. The van der Waals surface area contributed by atoms with Crippen LogP contribution in [0.1, 0.15) is 39.7 Å². The van der Waals surface area contributed by atoms with Crippen molar-refractivity contribution in [3.63, 3.8) is 0 Å². The van der Waals surface area contributed by atoms with Crippen LogP contribution in [0.5, 0.6) is 0 Å². The number of thioether (sulfide) groups is 1. The first kappa shape index (κ1) is 28.1. The Kier molecular flexibility index (Phi) is 9.18. The molecule has 0 saturated heterocycles. The van der Waals surface area contributed by atoms with E-state index >= 15 is 0 Å². The van der Waals surface area contributed by atoms with E-state index in [0.29, 0.717) is 35.4 Å². The molecule has 1 aliphatic rings. The number of nitrogens with zero attached hydrogens (tertiary/aromatic N) is 4. The number of amides is 2. The predicted octanol–water partition coefficient (Wildman–Crippen LogP) is 6.06. The van der Waals surface area contributed by atoms with Gasteiger partial charge in [-0.3, -0.25) is 14.5 Å². The second-order valence-electron chi connectivity index (χ2n) is 9.38. The Bertz CT molecular complexity index is 1450. The van der Waals surface area contributed by atoms with Gasteiger partial charge in [0.05, 0.1) is 17.5 Å². The number of carbonyl (C=O) groups is 2. The van der Waals surface area contributed by atoms with E-state index in [1.54, 1.807) is 29.4 Å². The maximum atomic E-state index is 13.6. The number of hydrogen-bond acceptors (Lipinski definition) is 6. The van der Waals surface area contributed by atoms with Crippen LogP contribution in [0.4, 0.5) is 0 Å². The van der Waals surface area contributed by atoms with Crippen LogP contribution in [-0.2, 0) is 14.3 Å². The molecule has 4 rings (SSSR count). The molecule has 1 aromatic heterocycles. The van der Waals surface area contributed by atoms with Crippen molar-refractivity contribution in [1.82, 2.24) is 14.7 Å². The number of para-hydroxylation sites is 1. The number of imide groups is 1. The van der Waals surface area contributed by atoms with Gasteiger partial charge in [-0.25, -0.2) is 4.68 Å². The molecule has 2 aromatic carbocycles. The first-order valence-electron chi connectivity index (χ1n) is 13.0. The Balaban J connectivity index is 1.78. The Hall–Kier alpha value is -3.93. The number of benzene rings is 2. The molecule has 0 fully saturated rings. The summed E-state index contributed by atoms with van der Waals surface area (Å²) in [6.45, 7) is 8.22. The quantitative estimate of drug-likeness (QED) is 0.134. The van der Waals surface area contributed by atoms with Crippen molar-refractivity contribution >= 4 is 29.7 Å². The number of carbonyl (C=O) groups excluding carboxylic acids is 2. The second-order valence-corrected chi connectivity index (χ2v) is 10.7. The van der Waals surface area contributed by atoms with Gasteiger partial charge >= 0.3 is 0 Å². The van der Waals surface area contributed by atoms with Crippen LogP contribution in [0.25, 0.3) is 23.0 Å². The van der Waals surface area contributed by atoms with Gasteiger partial charge < -0.3 is 4.74 Å². The molecular formula is C31H32N4O3S. The molecule has 2 amide bonds. The fourth-order valence-electron chi connectivity index (χ4n) is 4.34. The summed E-state index contributed by atoms with van der Waals surface area (Å²) in [7, 11) is 0. The highest BCUT2D eigenvalue weighted by molar-refractivity contribution is 7.99. The van der Waals surface area contributed by atoms with E-state index in [9.17, 15) is 14.9 Å². The number of rotatable bonds is 10. The van der Waals surface area contributed by atoms with E-state index in [2.05, 4.69) is 19.1 Å². The van der Waals surface area contributed by atoms with Crippen molar-refractivity contribution in [3.8, 4) is 23.0 Å². The average molecular weight is 541 g/mol. The third kappa shape index (κ3) is 6.39. The van der Waals surface area contributed by atoms with Gasteiger partial charge in [0.25, 0.3) is 11.8 Å². The van der Waals surface area contributed by atoms with Gasteiger partial charge in [0.15, 0.2) is 0 Å². The molecule has 0 radical (unpaired) electrons. The number of ether oxygens (including phenoxy) is 1. The molecule has 7 nitrogen and oxygen atoms in total. The van der Waals surface area contributed by atoms with Gasteiger partial charge in [0.2, 0.25) is 0 Å². The van der Waals surface area contributed by atoms with Crippen LogP contribution < -0.4 is 0 Å². The van der Waals surface area contributed by atoms with Crippen LogP contribution in [-0.4, -0.2) is 51.5 Å². The lowest BCUT2D eigenvalue weighted by atomic mass is 9.93. The fourth-order valence-corrected chi connectivity index (χ4v) is 5.00. The number of nitriles is 1. The van der Waals surface area contributed by atoms with Gasteiger partial charge in [-0.05, 0) is 68.9 Å². The SMILES string of the molecule is CCSc1ccc(-c2nn(-c3ccccc3)cc2/C=C2/C(=O)N(CCCOC(C)C)C(=O)C(C#N)=C2C)cc1. The standard InChI is InChI=1S/C31H32N4O3S/c1-5-39-26-14-12-23(13-15-26)29-24(20-35(33-29)25-10-7-6-8-11-25)18-27-22(4)28(19-32)31(37)34(30(27)36)16-9-17-38-21(2)3/h6-8,10-15,18,20-21H,5,9,16-17H2,1-4H3/b27-18+. The van der Waals surface area contributed by atoms with E-state index in [4.69, 9.17) is 9.84 Å². The number of aromatic nitrogens is 2. The Morgan fingerprint density at radius 3 is 2.44 bits per heavy atom. The van der Waals surface area contributed by atoms with Crippen LogP contribution in [0.3, 0.4) is 0 Å². The smallest absolute Gasteiger partial charge is 0.271 e. The van der Waals surface area contributed by atoms with Crippen molar-refractivity contribution in [1.29, 1.82) is 5.26 Å². The maximum absolute atomic E-state index is 13.6. The zero-order valence-corrected chi connectivity index (χ0v) is 23.5. The Morgan fingerprint density at radius 2 is 1.79 bits per heavy atom. The fraction of sp³-hybridized carbons (Fsp3) is 0.290. The lowest BCUT2D eigenvalue weighted by Crippen LogP contribution is -2.43. The molecule has 39 heavy (non-hydrogen) atoms. The van der Waals surface area contributed by atoms with Gasteiger partial charge in [0.1, 0.15) is 11.6 Å². The first-order chi connectivity index (χ1) is 18.8. The summed E-state index contributed by atoms with van der Waals surface area (Å²) in [6.07, 6.45) is 4.16. The second kappa shape index (κ2) is 12.7. The summed E-state index contributed by atoms with van der Waals surface area (Å²) < 4.78 is 7.36. The summed E-state index contributed by atoms with van der Waals surface area (Å²) in [5, 5.41) is 14.7. The minimum absolute atomic E-state index is 0.0245. The topological polar surface area (TPSA) is 88.2 Å². The van der Waals surface area contributed by atoms with Crippen molar-refractivity contribution in [3.05, 3.63) is 83.1 Å². The Labute approximate surface area is 233 Å². The molecule has 1 aliphatic heterocycles. The van der Waals surface area contributed by atoms with Gasteiger partial charge in [-0.1, -0.05) is 37.3 Å². The molecule has 0 bridgehead atoms. The van der Waals surface area contributed by atoms with Gasteiger partial charge in [-0.2, -0.15) is 10.4 Å². The molecule has 0 saturated carbocycles. The highest BCUT2D eigenvalue weighted by Crippen LogP contribution is 2.32. The first-order valence-corrected chi connectivity index (χ1v) is 14.0. The molecule has 3 aromatic rings. The molecule has 8 heteroatoms. The minimum atomic E-state index is -0.564. The zero-order valence-electron chi connectivity index (χ0n) is 22.7. The van der Waals surface area contributed by atoms with Crippen LogP contribution in [0.15, 0.2) is 82.4 Å². The van der Waals surface area contributed by atoms with Gasteiger partial charge in [-0.15, -0.1) is 11.8 Å². The maximum Gasteiger partial charge on any atom is 0.271 e. The van der Waals surface area contributed by atoms with E-state index in [1.165, 1.54) is 4.90 Å². The average Bonchev–Trinajstić information content (AvgIpc) is 3.36. The monoisotopic (exact) mass is 540 g/mol. The molecular weight excluding hydrogens is 508 g/mol. The van der Waals surface area contributed by atoms with E-state index in [-0.39, 0.29) is 18.2 Å². The third-order valence-corrected chi connectivity index (χ3v) is 7.20. The predicted molar refractivity (Wildman–Crippen MR) is 154 cm³/mol. The molecule has 0 aliphatic carbocycles.